The van der Waals surface area contributed by atoms with Gasteiger partial charge in [-0.2, -0.15) is 0 Å². The number of benzene rings is 2. The zero-order valence-electron chi connectivity index (χ0n) is 11.0. The molecule has 0 amide bonds. The molecule has 1 unspecified atom stereocenters. The van der Waals surface area contributed by atoms with Crippen LogP contribution in [-0.4, -0.2) is 12.2 Å². The highest BCUT2D eigenvalue weighted by Crippen LogP contribution is 2.37. The van der Waals surface area contributed by atoms with Gasteiger partial charge in [-0.1, -0.05) is 43.5 Å². The molecule has 1 N–H and O–H groups in total. The van der Waals surface area contributed by atoms with Gasteiger partial charge in [-0.05, 0) is 42.8 Å². The molecule has 0 heterocycles. The number of rotatable bonds is 3. The second-order valence-corrected chi connectivity index (χ2v) is 6.59. The zero-order chi connectivity index (χ0) is 14.9. The molecule has 0 bridgehead atoms. The van der Waals surface area contributed by atoms with E-state index in [-0.39, 0.29) is 0 Å². The molecule has 0 aliphatic carbocycles. The lowest BCUT2D eigenvalue weighted by molar-refractivity contribution is 0.214. The summed E-state index contributed by atoms with van der Waals surface area (Å²) in [5, 5.41) is 11.1. The van der Waals surface area contributed by atoms with Gasteiger partial charge in [-0.15, -0.1) is 0 Å². The van der Waals surface area contributed by atoms with Crippen LogP contribution in [0.15, 0.2) is 39.3 Å². The summed E-state index contributed by atoms with van der Waals surface area (Å²) in [5.74, 6) is 0.634. The fourth-order valence-electron chi connectivity index (χ4n) is 1.95. The monoisotopic (exact) mass is 418 g/mol. The highest BCUT2D eigenvalue weighted by molar-refractivity contribution is 9.10. The van der Waals surface area contributed by atoms with Gasteiger partial charge in [-0.3, -0.25) is 0 Å². The molecule has 20 heavy (non-hydrogen) atoms. The first kappa shape index (κ1) is 15.8. The first-order valence-electron chi connectivity index (χ1n) is 5.91. The average Bonchev–Trinajstić information content (AvgIpc) is 2.43. The van der Waals surface area contributed by atoms with Crippen molar-refractivity contribution in [3.05, 3.63) is 61.0 Å². The lowest BCUT2D eigenvalue weighted by Crippen LogP contribution is -2.04. The summed E-state index contributed by atoms with van der Waals surface area (Å²) >= 11 is 13.0. The summed E-state index contributed by atoms with van der Waals surface area (Å²) in [6.07, 6.45) is -0.855. The van der Waals surface area contributed by atoms with Crippen molar-refractivity contribution in [1.82, 2.24) is 0 Å². The summed E-state index contributed by atoms with van der Waals surface area (Å²) in [6.45, 7) is 1.97. The van der Waals surface area contributed by atoms with E-state index in [0.717, 1.165) is 14.5 Å². The molecule has 0 aliphatic heterocycles. The minimum Gasteiger partial charge on any atom is -0.496 e. The fraction of sp³-hybridized carbons (Fsp3) is 0.200. The van der Waals surface area contributed by atoms with Crippen LogP contribution in [0.1, 0.15) is 22.8 Å². The molecule has 106 valence electrons. The van der Waals surface area contributed by atoms with E-state index in [1.807, 2.05) is 25.1 Å². The first-order valence-corrected chi connectivity index (χ1v) is 7.87. The molecule has 1 atom stereocenters. The van der Waals surface area contributed by atoms with Crippen molar-refractivity contribution in [2.45, 2.75) is 13.0 Å². The Kier molecular flexibility index (Phi) is 5.13. The second kappa shape index (κ2) is 6.48. The van der Waals surface area contributed by atoms with E-state index in [9.17, 15) is 5.11 Å². The number of hydrogen-bond acceptors (Lipinski definition) is 2. The van der Waals surface area contributed by atoms with Crippen LogP contribution in [-0.2, 0) is 0 Å². The van der Waals surface area contributed by atoms with Crippen LogP contribution in [0.2, 0.25) is 5.02 Å². The van der Waals surface area contributed by atoms with E-state index in [2.05, 4.69) is 31.9 Å². The molecule has 0 spiro atoms. The third kappa shape index (κ3) is 3.19. The van der Waals surface area contributed by atoms with Gasteiger partial charge >= 0.3 is 0 Å². The largest absolute Gasteiger partial charge is 0.496 e. The summed E-state index contributed by atoms with van der Waals surface area (Å²) in [6, 6.07) is 9.13. The molecule has 2 aromatic rings. The lowest BCUT2D eigenvalue weighted by Gasteiger charge is -2.18. The van der Waals surface area contributed by atoms with Gasteiger partial charge in [-0.25, -0.2) is 0 Å². The highest BCUT2D eigenvalue weighted by Gasteiger charge is 2.19. The Morgan fingerprint density at radius 2 is 1.85 bits per heavy atom. The van der Waals surface area contributed by atoms with Crippen LogP contribution < -0.4 is 4.74 Å². The second-order valence-electron chi connectivity index (χ2n) is 4.41. The van der Waals surface area contributed by atoms with Crippen molar-refractivity contribution < 1.29 is 9.84 Å². The summed E-state index contributed by atoms with van der Waals surface area (Å²) in [4.78, 5) is 0. The lowest BCUT2D eigenvalue weighted by atomic mass is 9.99. The molecule has 0 aromatic heterocycles. The van der Waals surface area contributed by atoms with E-state index in [4.69, 9.17) is 16.3 Å². The minimum absolute atomic E-state index is 0.513. The molecule has 2 aromatic carbocycles. The molecule has 0 aliphatic rings. The smallest absolute Gasteiger partial charge is 0.125 e. The Balaban J connectivity index is 2.55. The van der Waals surface area contributed by atoms with Gasteiger partial charge in [0.2, 0.25) is 0 Å². The predicted molar refractivity (Wildman–Crippen MR) is 88.6 cm³/mol. The van der Waals surface area contributed by atoms with Crippen LogP contribution in [0.5, 0.6) is 5.75 Å². The molecular formula is C15H13Br2ClO2. The molecule has 5 heteroatoms. The number of ether oxygens (including phenoxy) is 1. The Labute approximate surface area is 140 Å². The molecule has 2 nitrogen and oxygen atoms in total. The Bertz CT molecular complexity index is 644. The Morgan fingerprint density at radius 3 is 2.50 bits per heavy atom. The van der Waals surface area contributed by atoms with Crippen molar-refractivity contribution in [1.29, 1.82) is 0 Å². The molecular weight excluding hydrogens is 407 g/mol. The van der Waals surface area contributed by atoms with Crippen LogP contribution in [0, 0.1) is 6.92 Å². The van der Waals surface area contributed by atoms with Crippen LogP contribution >= 0.6 is 43.5 Å². The third-order valence-electron chi connectivity index (χ3n) is 3.06. The van der Waals surface area contributed by atoms with Gasteiger partial charge in [0.1, 0.15) is 11.9 Å². The quantitative estimate of drug-likeness (QED) is 0.734. The van der Waals surface area contributed by atoms with Crippen LogP contribution in [0.25, 0.3) is 0 Å². The Morgan fingerprint density at radius 1 is 1.15 bits per heavy atom. The van der Waals surface area contributed by atoms with Gasteiger partial charge in [0.15, 0.2) is 0 Å². The van der Waals surface area contributed by atoms with Crippen molar-refractivity contribution in [2.24, 2.45) is 0 Å². The maximum absolute atomic E-state index is 10.6. The molecule has 0 saturated heterocycles. The van der Waals surface area contributed by atoms with Crippen LogP contribution in [0.3, 0.4) is 0 Å². The highest BCUT2D eigenvalue weighted by atomic mass is 79.9. The third-order valence-corrected chi connectivity index (χ3v) is 4.75. The fourth-order valence-corrected chi connectivity index (χ4v) is 2.91. The van der Waals surface area contributed by atoms with E-state index in [1.165, 1.54) is 0 Å². The summed E-state index contributed by atoms with van der Waals surface area (Å²) in [5.41, 5.74) is 2.35. The van der Waals surface area contributed by atoms with E-state index >= 15 is 0 Å². The number of aliphatic hydroxyl groups excluding tert-OH is 1. The SMILES string of the molecule is COc1cc(C)c(Br)cc1C(O)c1cc(Br)ccc1Cl. The van der Waals surface area contributed by atoms with Crippen LogP contribution in [0.4, 0.5) is 0 Å². The van der Waals surface area contributed by atoms with Gasteiger partial charge in [0.05, 0.1) is 7.11 Å². The van der Waals surface area contributed by atoms with Crippen molar-refractivity contribution in [3.63, 3.8) is 0 Å². The van der Waals surface area contributed by atoms with Crippen molar-refractivity contribution in [3.8, 4) is 5.75 Å². The van der Waals surface area contributed by atoms with Gasteiger partial charge < -0.3 is 9.84 Å². The Hall–Kier alpha value is -0.550. The van der Waals surface area contributed by atoms with E-state index in [0.29, 0.717) is 21.9 Å². The topological polar surface area (TPSA) is 29.5 Å². The molecule has 2 rings (SSSR count). The molecule has 0 fully saturated rings. The first-order chi connectivity index (χ1) is 9.43. The maximum Gasteiger partial charge on any atom is 0.125 e. The van der Waals surface area contributed by atoms with E-state index < -0.39 is 6.10 Å². The van der Waals surface area contributed by atoms with Gasteiger partial charge in [0.25, 0.3) is 0 Å². The number of methoxy groups -OCH3 is 1. The summed E-state index contributed by atoms with van der Waals surface area (Å²) < 4.78 is 7.14. The minimum atomic E-state index is -0.855. The number of halogens is 3. The van der Waals surface area contributed by atoms with E-state index in [1.54, 1.807) is 19.2 Å². The molecule has 0 radical (unpaired) electrons. The van der Waals surface area contributed by atoms with Crippen molar-refractivity contribution in [2.75, 3.05) is 7.11 Å². The van der Waals surface area contributed by atoms with Crippen molar-refractivity contribution >= 4 is 43.5 Å². The number of aryl methyl sites for hydroxylation is 1. The zero-order valence-corrected chi connectivity index (χ0v) is 14.9. The summed E-state index contributed by atoms with van der Waals surface area (Å²) in [7, 11) is 1.58. The standard InChI is InChI=1S/C15H13Br2ClO2/c1-8-5-14(20-2)11(7-12(8)17)15(19)10-6-9(16)3-4-13(10)18/h3-7,15,19H,1-2H3. The predicted octanol–water partition coefficient (Wildman–Crippen LogP) is 5.26. The average molecular weight is 421 g/mol. The normalized spacial score (nSPS) is 12.3. The maximum atomic E-state index is 10.6. The van der Waals surface area contributed by atoms with Gasteiger partial charge in [0, 0.05) is 25.1 Å². The number of aliphatic hydroxyl groups is 1. The molecule has 0 saturated carbocycles. The number of hydrogen-bond donors (Lipinski definition) is 1.